The van der Waals surface area contributed by atoms with Crippen LogP contribution in [-0.4, -0.2) is 39.8 Å². The molecule has 1 atom stereocenters. The molecule has 2 aromatic heterocycles. The minimum Gasteiger partial charge on any atom is -0.368 e. The number of fused-ring (bicyclic) bond motifs is 1. The Labute approximate surface area is 159 Å². The maximum absolute atomic E-state index is 12.2. The van der Waals surface area contributed by atoms with E-state index in [1.165, 1.54) is 0 Å². The maximum Gasteiger partial charge on any atom is 0.321 e. The monoisotopic (exact) mass is 390 g/mol. The van der Waals surface area contributed by atoms with Crippen LogP contribution in [-0.2, 0) is 0 Å². The molecular formula is C17H16Cl2N6O. The first-order chi connectivity index (χ1) is 12.6. The van der Waals surface area contributed by atoms with Crippen molar-refractivity contribution >= 4 is 46.5 Å². The van der Waals surface area contributed by atoms with Crippen molar-refractivity contribution in [2.75, 3.05) is 23.3 Å². The molecule has 9 heteroatoms. The zero-order valence-corrected chi connectivity index (χ0v) is 15.2. The minimum atomic E-state index is -0.324. The van der Waals surface area contributed by atoms with Gasteiger partial charge in [0, 0.05) is 30.4 Å². The molecule has 2 amide bonds. The molecule has 0 bridgehead atoms. The van der Waals surface area contributed by atoms with Crippen molar-refractivity contribution in [3.8, 4) is 0 Å². The van der Waals surface area contributed by atoms with Gasteiger partial charge < -0.3 is 10.2 Å². The van der Waals surface area contributed by atoms with Gasteiger partial charge in [0.25, 0.3) is 5.95 Å². The smallest absolute Gasteiger partial charge is 0.321 e. The van der Waals surface area contributed by atoms with Crippen molar-refractivity contribution in [2.24, 2.45) is 0 Å². The van der Waals surface area contributed by atoms with Crippen molar-refractivity contribution in [2.45, 2.75) is 12.5 Å². The molecule has 1 aliphatic rings. The third-order valence-electron chi connectivity index (χ3n) is 4.24. The lowest BCUT2D eigenvalue weighted by Crippen LogP contribution is -2.40. The lowest BCUT2D eigenvalue weighted by atomic mass is 10.3. The van der Waals surface area contributed by atoms with E-state index in [-0.39, 0.29) is 18.0 Å². The van der Waals surface area contributed by atoms with Gasteiger partial charge >= 0.3 is 6.03 Å². The average molecular weight is 391 g/mol. The molecule has 4 rings (SSSR count). The molecule has 3 aromatic rings. The molecule has 7 nitrogen and oxygen atoms in total. The first kappa shape index (κ1) is 16.9. The zero-order chi connectivity index (χ0) is 18.1. The quantitative estimate of drug-likeness (QED) is 0.718. The van der Waals surface area contributed by atoms with Crippen LogP contribution in [0.2, 0.25) is 10.0 Å². The van der Waals surface area contributed by atoms with Gasteiger partial charge in [-0.15, -0.1) is 5.10 Å². The first-order valence-corrected chi connectivity index (χ1v) is 8.93. The van der Waals surface area contributed by atoms with Crippen LogP contribution in [0.1, 0.15) is 6.42 Å². The van der Waals surface area contributed by atoms with Gasteiger partial charge in [-0.2, -0.15) is 4.98 Å². The summed E-state index contributed by atoms with van der Waals surface area (Å²) in [6.07, 6.45) is 2.60. The summed E-state index contributed by atoms with van der Waals surface area (Å²) in [5.41, 5.74) is 1.59. The highest BCUT2D eigenvalue weighted by Crippen LogP contribution is 2.31. The second-order valence-electron chi connectivity index (χ2n) is 6.06. The van der Waals surface area contributed by atoms with Gasteiger partial charge in [0.15, 0.2) is 5.65 Å². The van der Waals surface area contributed by atoms with Crippen LogP contribution in [0, 0.1) is 0 Å². The normalized spacial score (nSPS) is 16.8. The summed E-state index contributed by atoms with van der Waals surface area (Å²) in [5, 5.41) is 11.0. The Hall–Kier alpha value is -2.51. The molecule has 26 heavy (non-hydrogen) atoms. The van der Waals surface area contributed by atoms with Gasteiger partial charge in [-0.1, -0.05) is 29.3 Å². The molecule has 2 N–H and O–H groups in total. The molecule has 3 heterocycles. The highest BCUT2D eigenvalue weighted by atomic mass is 35.5. The lowest BCUT2D eigenvalue weighted by Gasteiger charge is -2.20. The number of benzene rings is 1. The number of carbonyl (C=O) groups excluding carboxylic acids is 1. The van der Waals surface area contributed by atoms with E-state index in [2.05, 4.69) is 25.6 Å². The van der Waals surface area contributed by atoms with Gasteiger partial charge in [-0.05, 0) is 36.8 Å². The van der Waals surface area contributed by atoms with Crippen LogP contribution >= 0.6 is 23.2 Å². The minimum absolute atomic E-state index is 0.0128. The molecule has 1 aliphatic heterocycles. The Morgan fingerprint density at radius 1 is 1.23 bits per heavy atom. The van der Waals surface area contributed by atoms with Crippen LogP contribution < -0.4 is 15.5 Å². The van der Waals surface area contributed by atoms with Crippen LogP contribution in [0.5, 0.6) is 0 Å². The highest BCUT2D eigenvalue weighted by molar-refractivity contribution is 6.36. The van der Waals surface area contributed by atoms with Crippen molar-refractivity contribution in [1.82, 2.24) is 19.9 Å². The number of urea groups is 1. The summed E-state index contributed by atoms with van der Waals surface area (Å²) < 4.78 is 1.61. The molecule has 1 saturated heterocycles. The van der Waals surface area contributed by atoms with Crippen LogP contribution in [0.25, 0.3) is 5.65 Å². The number of nitrogens with zero attached hydrogens (tertiary/aromatic N) is 4. The molecule has 0 spiro atoms. The van der Waals surface area contributed by atoms with E-state index in [9.17, 15) is 4.79 Å². The molecule has 134 valence electrons. The Balaban J connectivity index is 1.36. The molecule has 0 saturated carbocycles. The standard InChI is InChI=1S/C17H16Cl2N6O/c18-11-4-5-14(13(19)9-11)24-8-6-12(10-24)20-17(26)22-16-21-15-3-1-2-7-25(15)23-16/h1-5,7,9,12H,6,8,10H2,(H2,20,22,23,26)/t12-/m0/s1. The van der Waals surface area contributed by atoms with E-state index in [0.717, 1.165) is 18.7 Å². The fourth-order valence-electron chi connectivity index (χ4n) is 3.04. The summed E-state index contributed by atoms with van der Waals surface area (Å²) in [6.45, 7) is 1.48. The molecule has 0 unspecified atom stereocenters. The van der Waals surface area contributed by atoms with Crippen LogP contribution in [0.4, 0.5) is 16.4 Å². The van der Waals surface area contributed by atoms with Gasteiger partial charge in [-0.3, -0.25) is 5.32 Å². The summed E-state index contributed by atoms with van der Waals surface area (Å²) in [7, 11) is 0. The Morgan fingerprint density at radius 2 is 2.12 bits per heavy atom. The number of rotatable bonds is 3. The molecule has 0 aliphatic carbocycles. The van der Waals surface area contributed by atoms with Gasteiger partial charge in [0.05, 0.1) is 10.7 Å². The van der Waals surface area contributed by atoms with Gasteiger partial charge in [-0.25, -0.2) is 9.31 Å². The fraction of sp³-hybridized carbons (Fsp3) is 0.235. The second-order valence-corrected chi connectivity index (χ2v) is 6.91. The third kappa shape index (κ3) is 3.54. The number of hydrogen-bond donors (Lipinski definition) is 2. The Morgan fingerprint density at radius 3 is 2.92 bits per heavy atom. The number of carbonyl (C=O) groups is 1. The number of halogens is 2. The molecule has 1 aromatic carbocycles. The fourth-order valence-corrected chi connectivity index (χ4v) is 3.57. The summed E-state index contributed by atoms with van der Waals surface area (Å²) >= 11 is 12.2. The number of anilines is 2. The van der Waals surface area contributed by atoms with Crippen LogP contribution in [0.15, 0.2) is 42.6 Å². The van der Waals surface area contributed by atoms with Crippen molar-refractivity contribution < 1.29 is 4.79 Å². The van der Waals surface area contributed by atoms with Crippen molar-refractivity contribution in [3.05, 3.63) is 52.6 Å². The largest absolute Gasteiger partial charge is 0.368 e. The maximum atomic E-state index is 12.2. The van der Waals surface area contributed by atoms with E-state index < -0.39 is 0 Å². The summed E-state index contributed by atoms with van der Waals surface area (Å²) in [5.74, 6) is 0.268. The van der Waals surface area contributed by atoms with Gasteiger partial charge in [0.1, 0.15) is 0 Å². The zero-order valence-electron chi connectivity index (χ0n) is 13.7. The number of hydrogen-bond acceptors (Lipinski definition) is 4. The number of amides is 2. The molecule has 0 radical (unpaired) electrons. The van der Waals surface area contributed by atoms with Crippen molar-refractivity contribution in [1.29, 1.82) is 0 Å². The topological polar surface area (TPSA) is 74.6 Å². The second kappa shape index (κ2) is 7.01. The van der Waals surface area contributed by atoms with E-state index >= 15 is 0 Å². The van der Waals surface area contributed by atoms with E-state index in [1.54, 1.807) is 16.8 Å². The summed E-state index contributed by atoms with van der Waals surface area (Å²) in [4.78, 5) is 18.6. The van der Waals surface area contributed by atoms with Crippen molar-refractivity contribution in [3.63, 3.8) is 0 Å². The van der Waals surface area contributed by atoms with E-state index in [4.69, 9.17) is 23.2 Å². The third-order valence-corrected chi connectivity index (χ3v) is 4.78. The number of pyridine rings is 1. The number of aromatic nitrogens is 3. The number of nitrogens with one attached hydrogen (secondary N) is 2. The molecule has 1 fully saturated rings. The summed E-state index contributed by atoms with van der Waals surface area (Å²) in [6, 6.07) is 10.7. The average Bonchev–Trinajstić information content (AvgIpc) is 3.20. The molecular weight excluding hydrogens is 375 g/mol. The van der Waals surface area contributed by atoms with E-state index in [0.29, 0.717) is 22.2 Å². The SMILES string of the molecule is O=C(Nc1nc2ccccn2n1)N[C@H]1CCN(c2ccc(Cl)cc2Cl)C1. The Kier molecular flexibility index (Phi) is 4.57. The van der Waals surface area contributed by atoms with E-state index in [1.807, 2.05) is 30.3 Å². The lowest BCUT2D eigenvalue weighted by molar-refractivity contribution is 0.249. The highest BCUT2D eigenvalue weighted by Gasteiger charge is 2.25. The predicted molar refractivity (Wildman–Crippen MR) is 102 cm³/mol. The van der Waals surface area contributed by atoms with Gasteiger partial charge in [0.2, 0.25) is 0 Å². The first-order valence-electron chi connectivity index (χ1n) is 8.17. The predicted octanol–water partition coefficient (Wildman–Crippen LogP) is 3.44. The van der Waals surface area contributed by atoms with Crippen LogP contribution in [0.3, 0.4) is 0 Å². The Bertz CT molecular complexity index is 926.